The molecule has 7 nitrogen and oxygen atoms in total. The van der Waals surface area contributed by atoms with Crippen LogP contribution in [0.1, 0.15) is 10.4 Å². The lowest BCUT2D eigenvalue weighted by atomic mass is 10.1. The highest BCUT2D eigenvalue weighted by Crippen LogP contribution is 2.34. The summed E-state index contributed by atoms with van der Waals surface area (Å²) in [5.74, 6) is 1.16. The normalized spacial score (nSPS) is 12.2. The minimum absolute atomic E-state index is 0.0756. The van der Waals surface area contributed by atoms with Gasteiger partial charge in [-0.2, -0.15) is 0 Å². The van der Waals surface area contributed by atoms with Gasteiger partial charge in [-0.15, -0.1) is 11.3 Å². The topological polar surface area (TPSA) is 74.3 Å². The van der Waals surface area contributed by atoms with Crippen LogP contribution >= 0.6 is 11.3 Å². The van der Waals surface area contributed by atoms with E-state index in [4.69, 9.17) is 18.9 Å². The Hall–Kier alpha value is -3.52. The van der Waals surface area contributed by atoms with Crippen molar-refractivity contribution in [3.8, 4) is 17.2 Å². The summed E-state index contributed by atoms with van der Waals surface area (Å²) in [4.78, 5) is 27.9. The molecule has 0 saturated heterocycles. The lowest BCUT2D eigenvalue weighted by Crippen LogP contribution is -2.34. The number of hydrogen-bond donors (Lipinski definition) is 0. The van der Waals surface area contributed by atoms with Crippen LogP contribution in [0.15, 0.2) is 60.0 Å². The molecule has 0 spiro atoms. The Morgan fingerprint density at radius 3 is 2.53 bits per heavy atom. The molecule has 0 radical (unpaired) electrons. The van der Waals surface area contributed by atoms with E-state index in [9.17, 15) is 9.59 Å². The molecule has 1 aliphatic rings. The summed E-state index contributed by atoms with van der Waals surface area (Å²) in [6, 6.07) is 16.4. The molecule has 1 amide bonds. The third-order valence-electron chi connectivity index (χ3n) is 4.90. The number of esters is 1. The van der Waals surface area contributed by atoms with Crippen LogP contribution in [-0.4, -0.2) is 38.8 Å². The first kappa shape index (κ1) is 21.7. The zero-order chi connectivity index (χ0) is 22.3. The van der Waals surface area contributed by atoms with Crippen molar-refractivity contribution in [2.24, 2.45) is 0 Å². The van der Waals surface area contributed by atoms with E-state index in [1.165, 1.54) is 0 Å². The van der Waals surface area contributed by atoms with Crippen molar-refractivity contribution in [3.63, 3.8) is 0 Å². The molecule has 3 aromatic rings. The van der Waals surface area contributed by atoms with Crippen LogP contribution in [0, 0.1) is 0 Å². The number of ether oxygens (including phenoxy) is 4. The number of carbonyl (C=O) groups is 2. The van der Waals surface area contributed by atoms with E-state index in [0.717, 1.165) is 10.4 Å². The SMILES string of the molecule is COc1ccc(CC(=O)OCC(=O)N(Cc2cccs2)c2ccc3c(c2)OCCO3)cc1. The average molecular weight is 454 g/mol. The standard InChI is InChI=1S/C24H23NO6S/c1-28-19-7-4-17(5-8-19)13-24(27)31-16-23(26)25(15-20-3-2-12-32-20)18-6-9-21-22(14-18)30-11-10-29-21/h2-9,12,14H,10-11,13,15-16H2,1H3. The van der Waals surface area contributed by atoms with Crippen LogP contribution in [0.5, 0.6) is 17.2 Å². The third kappa shape index (κ3) is 5.39. The second kappa shape index (κ2) is 10.2. The van der Waals surface area contributed by atoms with Gasteiger partial charge in [0, 0.05) is 16.6 Å². The highest BCUT2D eigenvalue weighted by Gasteiger charge is 2.21. The maximum absolute atomic E-state index is 13.0. The molecule has 32 heavy (non-hydrogen) atoms. The van der Waals surface area contributed by atoms with Gasteiger partial charge in [0.1, 0.15) is 19.0 Å². The number of fused-ring (bicyclic) bond motifs is 1. The van der Waals surface area contributed by atoms with E-state index in [0.29, 0.717) is 42.7 Å². The van der Waals surface area contributed by atoms with E-state index < -0.39 is 5.97 Å². The van der Waals surface area contributed by atoms with Crippen LogP contribution < -0.4 is 19.1 Å². The first-order valence-electron chi connectivity index (χ1n) is 10.1. The van der Waals surface area contributed by atoms with Crippen molar-refractivity contribution < 1.29 is 28.5 Å². The molecular weight excluding hydrogens is 430 g/mol. The largest absolute Gasteiger partial charge is 0.497 e. The van der Waals surface area contributed by atoms with Crippen LogP contribution in [0.4, 0.5) is 5.69 Å². The molecule has 0 atom stereocenters. The molecule has 8 heteroatoms. The Balaban J connectivity index is 1.43. The van der Waals surface area contributed by atoms with Gasteiger partial charge in [-0.1, -0.05) is 18.2 Å². The summed E-state index contributed by atoms with van der Waals surface area (Å²) in [7, 11) is 1.58. The third-order valence-corrected chi connectivity index (χ3v) is 5.76. The fourth-order valence-electron chi connectivity index (χ4n) is 3.26. The smallest absolute Gasteiger partial charge is 0.310 e. The van der Waals surface area contributed by atoms with E-state index in [2.05, 4.69) is 0 Å². The number of thiophene rings is 1. The number of methoxy groups -OCH3 is 1. The van der Waals surface area contributed by atoms with Gasteiger partial charge in [0.2, 0.25) is 0 Å². The minimum atomic E-state index is -0.471. The molecule has 0 unspecified atom stereocenters. The Bertz CT molecular complexity index is 1060. The summed E-state index contributed by atoms with van der Waals surface area (Å²) >= 11 is 1.55. The highest BCUT2D eigenvalue weighted by molar-refractivity contribution is 7.09. The number of amides is 1. The fourth-order valence-corrected chi connectivity index (χ4v) is 3.96. The first-order chi connectivity index (χ1) is 15.6. The van der Waals surface area contributed by atoms with Crippen molar-refractivity contribution in [2.75, 3.05) is 31.8 Å². The van der Waals surface area contributed by atoms with Gasteiger partial charge in [-0.25, -0.2) is 0 Å². The van der Waals surface area contributed by atoms with Crippen molar-refractivity contribution in [2.45, 2.75) is 13.0 Å². The Morgan fingerprint density at radius 1 is 1.03 bits per heavy atom. The molecule has 166 valence electrons. The zero-order valence-corrected chi connectivity index (χ0v) is 18.4. The van der Waals surface area contributed by atoms with Crippen molar-refractivity contribution in [3.05, 3.63) is 70.4 Å². The van der Waals surface area contributed by atoms with Gasteiger partial charge in [-0.05, 0) is 41.3 Å². The molecule has 1 aromatic heterocycles. The first-order valence-corrected chi connectivity index (χ1v) is 11.0. The lowest BCUT2D eigenvalue weighted by molar-refractivity contribution is -0.147. The minimum Gasteiger partial charge on any atom is -0.497 e. The summed E-state index contributed by atoms with van der Waals surface area (Å²) in [5.41, 5.74) is 1.43. The zero-order valence-electron chi connectivity index (χ0n) is 17.6. The number of rotatable bonds is 8. The quantitative estimate of drug-likeness (QED) is 0.483. The van der Waals surface area contributed by atoms with Crippen molar-refractivity contribution in [1.82, 2.24) is 0 Å². The van der Waals surface area contributed by atoms with Gasteiger partial charge in [0.15, 0.2) is 18.1 Å². The molecule has 0 saturated carbocycles. The van der Waals surface area contributed by atoms with E-state index >= 15 is 0 Å². The number of benzene rings is 2. The molecule has 2 heterocycles. The van der Waals surface area contributed by atoms with Gasteiger partial charge in [-0.3, -0.25) is 9.59 Å². The fraction of sp³-hybridized carbons (Fsp3) is 0.250. The van der Waals surface area contributed by atoms with E-state index in [1.54, 1.807) is 65.8 Å². The van der Waals surface area contributed by atoms with Gasteiger partial charge < -0.3 is 23.8 Å². The molecule has 4 rings (SSSR count). The van der Waals surface area contributed by atoms with E-state index in [-0.39, 0.29) is 18.9 Å². The summed E-state index contributed by atoms with van der Waals surface area (Å²) < 4.78 is 21.6. The second-order valence-electron chi connectivity index (χ2n) is 7.07. The second-order valence-corrected chi connectivity index (χ2v) is 8.10. The molecule has 0 bridgehead atoms. The Morgan fingerprint density at radius 2 is 1.81 bits per heavy atom. The molecule has 0 N–H and O–H groups in total. The lowest BCUT2D eigenvalue weighted by Gasteiger charge is -2.25. The van der Waals surface area contributed by atoms with Crippen LogP contribution in [0.25, 0.3) is 0 Å². The van der Waals surface area contributed by atoms with Gasteiger partial charge >= 0.3 is 5.97 Å². The van der Waals surface area contributed by atoms with Gasteiger partial charge in [0.25, 0.3) is 5.91 Å². The maximum atomic E-state index is 13.0. The van der Waals surface area contributed by atoms with Crippen molar-refractivity contribution in [1.29, 1.82) is 0 Å². The summed E-state index contributed by atoms with van der Waals surface area (Å²) in [6.07, 6.45) is 0.0756. The number of carbonyl (C=O) groups excluding carboxylic acids is 2. The molecule has 0 fully saturated rings. The Kier molecular flexibility index (Phi) is 6.91. The summed E-state index contributed by atoms with van der Waals surface area (Å²) in [6.45, 7) is 0.966. The maximum Gasteiger partial charge on any atom is 0.310 e. The molecule has 1 aliphatic heterocycles. The van der Waals surface area contributed by atoms with Gasteiger partial charge in [0.05, 0.1) is 20.1 Å². The monoisotopic (exact) mass is 453 g/mol. The summed E-state index contributed by atoms with van der Waals surface area (Å²) in [5, 5.41) is 1.96. The predicted octanol–water partition coefficient (Wildman–Crippen LogP) is 3.85. The molecule has 0 aliphatic carbocycles. The van der Waals surface area contributed by atoms with E-state index in [1.807, 2.05) is 17.5 Å². The Labute approximate surface area is 190 Å². The van der Waals surface area contributed by atoms with Crippen molar-refractivity contribution >= 4 is 28.9 Å². The van der Waals surface area contributed by atoms with Crippen LogP contribution in [0.2, 0.25) is 0 Å². The van der Waals surface area contributed by atoms with Crippen LogP contribution in [-0.2, 0) is 27.3 Å². The molecule has 2 aromatic carbocycles. The van der Waals surface area contributed by atoms with Crippen LogP contribution in [0.3, 0.4) is 0 Å². The highest BCUT2D eigenvalue weighted by atomic mass is 32.1. The molecular formula is C24H23NO6S. The number of anilines is 1. The predicted molar refractivity (Wildman–Crippen MR) is 121 cm³/mol. The average Bonchev–Trinajstić information content (AvgIpc) is 3.34. The number of hydrogen-bond acceptors (Lipinski definition) is 7. The number of nitrogens with zero attached hydrogens (tertiary/aromatic N) is 1.